The maximum Gasteiger partial charge on any atom is 0.344 e. The van der Waals surface area contributed by atoms with E-state index in [4.69, 9.17) is 26.6 Å². The molecule has 0 aromatic carbocycles. The van der Waals surface area contributed by atoms with Crippen LogP contribution in [0.5, 0.6) is 0 Å². The number of hydrogen-bond donors (Lipinski definition) is 2. The van der Waals surface area contributed by atoms with Crippen molar-refractivity contribution in [3.63, 3.8) is 0 Å². The summed E-state index contributed by atoms with van der Waals surface area (Å²) in [5.74, 6) is -0.530. The molecule has 1 aliphatic carbocycles. The molecule has 0 aromatic rings. The molecular formula is C12H15ClO4. The van der Waals surface area contributed by atoms with Gasteiger partial charge in [-0.05, 0) is 25.0 Å². The first-order valence-corrected chi connectivity index (χ1v) is 5.67. The number of aliphatic hydroxyl groups excluding tert-OH is 1. The van der Waals surface area contributed by atoms with E-state index in [2.05, 4.69) is 0 Å². The molecule has 0 heterocycles. The normalized spacial score (nSPS) is 17.5. The quantitative estimate of drug-likeness (QED) is 0.793. The molecule has 0 fully saturated rings. The Balaban J connectivity index is 2.90. The maximum absolute atomic E-state index is 10.7. The Labute approximate surface area is 105 Å². The van der Waals surface area contributed by atoms with E-state index in [-0.39, 0.29) is 6.61 Å². The average molecular weight is 259 g/mol. The minimum absolute atomic E-state index is 0.0222. The lowest BCUT2D eigenvalue weighted by atomic mass is 10.1. The van der Waals surface area contributed by atoms with Gasteiger partial charge >= 0.3 is 5.97 Å². The number of aliphatic hydroxyl groups is 1. The number of carboxylic acids is 1. The summed E-state index contributed by atoms with van der Waals surface area (Å²) in [5, 5.41) is 18.3. The van der Waals surface area contributed by atoms with Crippen LogP contribution in [0.25, 0.3) is 0 Å². The van der Waals surface area contributed by atoms with Gasteiger partial charge in [-0.25, -0.2) is 4.79 Å². The highest BCUT2D eigenvalue weighted by Gasteiger charge is 2.17. The van der Waals surface area contributed by atoms with Crippen molar-refractivity contribution in [1.82, 2.24) is 0 Å². The van der Waals surface area contributed by atoms with Crippen molar-refractivity contribution in [2.45, 2.75) is 25.9 Å². The first kappa shape index (κ1) is 13.8. The van der Waals surface area contributed by atoms with Gasteiger partial charge in [-0.2, -0.15) is 0 Å². The summed E-state index contributed by atoms with van der Waals surface area (Å²) < 4.78 is 5.36. The summed E-state index contributed by atoms with van der Waals surface area (Å²) in [6.45, 7) is 1.43. The molecule has 0 bridgehead atoms. The van der Waals surface area contributed by atoms with Gasteiger partial charge in [-0.15, -0.1) is 0 Å². The largest absolute Gasteiger partial charge is 0.483 e. The number of carbonyl (C=O) groups is 1. The molecular weight excluding hydrogens is 244 g/mol. The van der Waals surface area contributed by atoms with Crippen LogP contribution in [0.4, 0.5) is 0 Å². The van der Waals surface area contributed by atoms with Crippen LogP contribution in [0, 0.1) is 0 Å². The van der Waals surface area contributed by atoms with Crippen molar-refractivity contribution >= 4 is 17.6 Å². The molecule has 1 atom stereocenters. The van der Waals surface area contributed by atoms with Crippen molar-refractivity contribution in [1.29, 1.82) is 0 Å². The Hall–Kier alpha value is -1.26. The molecule has 0 aliphatic heterocycles. The number of halogens is 1. The van der Waals surface area contributed by atoms with Crippen LogP contribution in [0.15, 0.2) is 34.6 Å². The van der Waals surface area contributed by atoms with Crippen LogP contribution in [-0.2, 0) is 9.53 Å². The topological polar surface area (TPSA) is 66.8 Å². The molecule has 1 rings (SSSR count). The molecule has 1 aliphatic rings. The predicted octanol–water partition coefficient (Wildman–Crippen LogP) is 2.20. The molecule has 5 heteroatoms. The van der Waals surface area contributed by atoms with Gasteiger partial charge in [0.1, 0.15) is 5.76 Å². The number of hydrogen-bond acceptors (Lipinski definition) is 3. The van der Waals surface area contributed by atoms with E-state index < -0.39 is 12.1 Å². The summed E-state index contributed by atoms with van der Waals surface area (Å²) in [4.78, 5) is 10.7. The van der Waals surface area contributed by atoms with Crippen molar-refractivity contribution < 1.29 is 19.7 Å². The van der Waals surface area contributed by atoms with Crippen LogP contribution in [0.3, 0.4) is 0 Å². The molecule has 0 spiro atoms. The van der Waals surface area contributed by atoms with Gasteiger partial charge in [0.2, 0.25) is 0 Å². The Morgan fingerprint density at radius 2 is 2.35 bits per heavy atom. The van der Waals surface area contributed by atoms with E-state index in [1.54, 1.807) is 18.2 Å². The van der Waals surface area contributed by atoms with Gasteiger partial charge in [0.25, 0.3) is 0 Å². The summed E-state index contributed by atoms with van der Waals surface area (Å²) in [6, 6.07) is 0. The molecule has 0 radical (unpaired) electrons. The summed E-state index contributed by atoms with van der Waals surface area (Å²) in [6.07, 6.45) is 5.08. The second-order valence-corrected chi connectivity index (χ2v) is 4.16. The molecule has 94 valence electrons. The monoisotopic (exact) mass is 258 g/mol. The zero-order valence-corrected chi connectivity index (χ0v) is 10.3. The third-order valence-electron chi connectivity index (χ3n) is 2.31. The Morgan fingerprint density at radius 1 is 1.65 bits per heavy atom. The van der Waals surface area contributed by atoms with Gasteiger partial charge < -0.3 is 14.9 Å². The first-order chi connectivity index (χ1) is 8.04. The number of rotatable bonds is 5. The average Bonchev–Trinajstić information content (AvgIpc) is 2.42. The fourth-order valence-electron chi connectivity index (χ4n) is 1.41. The van der Waals surface area contributed by atoms with Crippen LogP contribution in [0.2, 0.25) is 0 Å². The summed E-state index contributed by atoms with van der Waals surface area (Å²) in [5.41, 5.74) is 0.771. The van der Waals surface area contributed by atoms with Gasteiger partial charge in [0.15, 0.2) is 6.10 Å². The lowest BCUT2D eigenvalue weighted by Crippen LogP contribution is -2.20. The minimum atomic E-state index is -1.03. The number of allylic oxidation sites excluding steroid dienone is 4. The molecule has 2 N–H and O–H groups in total. The molecule has 1 unspecified atom stereocenters. The third-order valence-corrected chi connectivity index (χ3v) is 2.57. The van der Waals surface area contributed by atoms with Crippen LogP contribution >= 0.6 is 11.6 Å². The zero-order valence-electron chi connectivity index (χ0n) is 9.52. The van der Waals surface area contributed by atoms with Crippen molar-refractivity contribution in [3.8, 4) is 0 Å². The number of aliphatic carboxylic acids is 1. The fourth-order valence-corrected chi connectivity index (χ4v) is 1.61. The SMILES string of the molecule is CC(OC1=C(CCO)C=CC=C(Cl)C1)C(=O)O. The zero-order chi connectivity index (χ0) is 12.8. The first-order valence-electron chi connectivity index (χ1n) is 5.29. The summed E-state index contributed by atoms with van der Waals surface area (Å²) in [7, 11) is 0. The van der Waals surface area contributed by atoms with Gasteiger partial charge in [-0.1, -0.05) is 23.8 Å². The van der Waals surface area contributed by atoms with Crippen molar-refractivity contribution in [2.24, 2.45) is 0 Å². The van der Waals surface area contributed by atoms with E-state index in [1.165, 1.54) is 6.92 Å². The van der Waals surface area contributed by atoms with E-state index in [0.717, 1.165) is 5.57 Å². The van der Waals surface area contributed by atoms with Gasteiger partial charge in [0.05, 0.1) is 0 Å². The smallest absolute Gasteiger partial charge is 0.344 e. The third kappa shape index (κ3) is 4.24. The van der Waals surface area contributed by atoms with Crippen LogP contribution < -0.4 is 0 Å². The molecule has 0 amide bonds. The van der Waals surface area contributed by atoms with E-state index in [0.29, 0.717) is 23.6 Å². The lowest BCUT2D eigenvalue weighted by molar-refractivity contribution is -0.146. The highest BCUT2D eigenvalue weighted by Crippen LogP contribution is 2.26. The van der Waals surface area contributed by atoms with E-state index in [9.17, 15) is 4.79 Å². The lowest BCUT2D eigenvalue weighted by Gasteiger charge is -2.16. The Morgan fingerprint density at radius 3 is 2.94 bits per heavy atom. The number of carboxylic acid groups (broad SMARTS) is 1. The summed E-state index contributed by atoms with van der Waals surface area (Å²) >= 11 is 5.93. The van der Waals surface area contributed by atoms with E-state index in [1.807, 2.05) is 0 Å². The Bertz CT molecular complexity index is 382. The maximum atomic E-state index is 10.7. The molecule has 4 nitrogen and oxygen atoms in total. The van der Waals surface area contributed by atoms with Crippen molar-refractivity contribution in [2.75, 3.05) is 6.61 Å². The van der Waals surface area contributed by atoms with Crippen LogP contribution in [0.1, 0.15) is 19.8 Å². The standard InChI is InChI=1S/C12H15ClO4/c1-8(12(15)16)17-11-7-10(13)4-2-3-9(11)5-6-14/h2-4,8,14H,5-7H2,1H3,(H,15,16). The predicted molar refractivity (Wildman–Crippen MR) is 64.6 cm³/mol. The van der Waals surface area contributed by atoms with Crippen molar-refractivity contribution in [3.05, 3.63) is 34.6 Å². The second kappa shape index (κ2) is 6.47. The highest BCUT2D eigenvalue weighted by molar-refractivity contribution is 6.29. The molecule has 0 aromatic heterocycles. The number of ether oxygens (including phenoxy) is 1. The second-order valence-electron chi connectivity index (χ2n) is 3.67. The van der Waals surface area contributed by atoms with Crippen LogP contribution in [-0.4, -0.2) is 28.9 Å². The van der Waals surface area contributed by atoms with Gasteiger partial charge in [0, 0.05) is 18.1 Å². The molecule has 0 saturated carbocycles. The van der Waals surface area contributed by atoms with Gasteiger partial charge in [-0.3, -0.25) is 0 Å². The highest BCUT2D eigenvalue weighted by atomic mass is 35.5. The molecule has 17 heavy (non-hydrogen) atoms. The van der Waals surface area contributed by atoms with E-state index >= 15 is 0 Å². The molecule has 0 saturated heterocycles. The Kier molecular flexibility index (Phi) is 5.25. The fraction of sp³-hybridized carbons (Fsp3) is 0.417. The minimum Gasteiger partial charge on any atom is -0.483 e.